The van der Waals surface area contributed by atoms with E-state index in [9.17, 15) is 0 Å². The first kappa shape index (κ1) is 14.3. The van der Waals surface area contributed by atoms with Crippen molar-refractivity contribution in [3.63, 3.8) is 0 Å². The van der Waals surface area contributed by atoms with E-state index in [0.29, 0.717) is 12.0 Å². The molecule has 0 radical (unpaired) electrons. The Hall–Kier alpha value is -0.120. The molecule has 3 unspecified atom stereocenters. The lowest BCUT2D eigenvalue weighted by molar-refractivity contribution is -0.0478. The molecule has 1 saturated carbocycles. The lowest BCUT2D eigenvalue weighted by Gasteiger charge is -2.53. The van der Waals surface area contributed by atoms with E-state index in [-0.39, 0.29) is 5.54 Å². The maximum atomic E-state index is 6.23. The second-order valence-electron chi connectivity index (χ2n) is 6.55. The first-order valence-corrected chi connectivity index (χ1v) is 7.61. The van der Waals surface area contributed by atoms with Crippen LogP contribution < -0.4 is 5.73 Å². The summed E-state index contributed by atoms with van der Waals surface area (Å²) < 4.78 is 5.49. The second kappa shape index (κ2) is 5.89. The highest BCUT2D eigenvalue weighted by Gasteiger charge is 2.44. The van der Waals surface area contributed by atoms with Gasteiger partial charge in [-0.25, -0.2) is 0 Å². The molecule has 0 aromatic carbocycles. The van der Waals surface area contributed by atoms with Gasteiger partial charge in [-0.05, 0) is 44.6 Å². The third-order valence-electron chi connectivity index (χ3n) is 5.51. The zero-order chi connectivity index (χ0) is 13.2. The molecule has 0 amide bonds. The summed E-state index contributed by atoms with van der Waals surface area (Å²) in [7, 11) is 2.30. The fraction of sp³-hybridized carbons (Fsp3) is 1.00. The highest BCUT2D eigenvalue weighted by atomic mass is 16.5. The van der Waals surface area contributed by atoms with Gasteiger partial charge in [0.2, 0.25) is 0 Å². The van der Waals surface area contributed by atoms with Crippen LogP contribution in [0.1, 0.15) is 46.0 Å². The van der Waals surface area contributed by atoms with E-state index in [0.717, 1.165) is 25.7 Å². The minimum absolute atomic E-state index is 0.222. The molecule has 0 aromatic heterocycles. The largest absolute Gasteiger partial charge is 0.381 e. The van der Waals surface area contributed by atoms with Crippen molar-refractivity contribution in [1.82, 2.24) is 4.90 Å². The third kappa shape index (κ3) is 2.59. The Morgan fingerprint density at radius 2 is 1.83 bits per heavy atom. The van der Waals surface area contributed by atoms with Crippen LogP contribution in [0.5, 0.6) is 0 Å². The summed E-state index contributed by atoms with van der Waals surface area (Å²) in [5.41, 5.74) is 6.45. The Kier molecular flexibility index (Phi) is 4.68. The van der Waals surface area contributed by atoms with E-state index in [1.165, 1.54) is 32.1 Å². The summed E-state index contributed by atoms with van der Waals surface area (Å²) in [4.78, 5) is 2.62. The number of ether oxygens (including phenoxy) is 1. The summed E-state index contributed by atoms with van der Waals surface area (Å²) in [6, 6.07) is 0.662. The normalized spacial score (nSPS) is 39.2. The van der Waals surface area contributed by atoms with Crippen LogP contribution >= 0.6 is 0 Å². The lowest BCUT2D eigenvalue weighted by atomic mass is 9.68. The standard InChI is InChI=1S/C15H30N2O/c1-12-4-5-13(2)15(10-12,11-16)17(3)14-6-8-18-9-7-14/h12-14H,4-11,16H2,1-3H3. The molecule has 1 saturated heterocycles. The van der Waals surface area contributed by atoms with Crippen LogP contribution in [0, 0.1) is 11.8 Å². The van der Waals surface area contributed by atoms with Gasteiger partial charge in [-0.15, -0.1) is 0 Å². The molecule has 1 aliphatic carbocycles. The van der Waals surface area contributed by atoms with Crippen molar-refractivity contribution < 1.29 is 4.74 Å². The van der Waals surface area contributed by atoms with Crippen molar-refractivity contribution in [2.75, 3.05) is 26.8 Å². The molecule has 0 spiro atoms. The van der Waals surface area contributed by atoms with E-state index in [2.05, 4.69) is 25.8 Å². The Labute approximate surface area is 112 Å². The van der Waals surface area contributed by atoms with Gasteiger partial charge in [0, 0.05) is 31.3 Å². The molecule has 3 heteroatoms. The van der Waals surface area contributed by atoms with Crippen molar-refractivity contribution in [1.29, 1.82) is 0 Å². The predicted octanol–water partition coefficient (Wildman–Crippen LogP) is 2.25. The molecular formula is C15H30N2O. The van der Waals surface area contributed by atoms with E-state index >= 15 is 0 Å². The quantitative estimate of drug-likeness (QED) is 0.839. The summed E-state index contributed by atoms with van der Waals surface area (Å²) in [6.07, 6.45) is 6.29. The molecule has 2 rings (SSSR count). The topological polar surface area (TPSA) is 38.5 Å². The monoisotopic (exact) mass is 254 g/mol. The molecule has 3 atom stereocenters. The first-order chi connectivity index (χ1) is 8.60. The van der Waals surface area contributed by atoms with Gasteiger partial charge in [-0.1, -0.05) is 20.3 Å². The lowest BCUT2D eigenvalue weighted by Crippen LogP contribution is -2.62. The minimum Gasteiger partial charge on any atom is -0.381 e. The number of rotatable bonds is 3. The van der Waals surface area contributed by atoms with E-state index in [1.54, 1.807) is 0 Å². The molecule has 0 bridgehead atoms. The second-order valence-corrected chi connectivity index (χ2v) is 6.55. The third-order valence-corrected chi connectivity index (χ3v) is 5.51. The van der Waals surface area contributed by atoms with Gasteiger partial charge in [-0.3, -0.25) is 4.90 Å². The van der Waals surface area contributed by atoms with Crippen LogP contribution in [0.25, 0.3) is 0 Å². The molecular weight excluding hydrogens is 224 g/mol. The Balaban J connectivity index is 2.13. The van der Waals surface area contributed by atoms with E-state index < -0.39 is 0 Å². The summed E-state index contributed by atoms with van der Waals surface area (Å²) in [6.45, 7) is 7.41. The van der Waals surface area contributed by atoms with E-state index in [1.807, 2.05) is 0 Å². The molecule has 106 valence electrons. The number of likely N-dealkylation sites (N-methyl/N-ethyl adjacent to an activating group) is 1. The maximum absolute atomic E-state index is 6.23. The van der Waals surface area contributed by atoms with Crippen LogP contribution in [-0.2, 0) is 4.74 Å². The first-order valence-electron chi connectivity index (χ1n) is 7.61. The van der Waals surface area contributed by atoms with Crippen LogP contribution in [0.3, 0.4) is 0 Å². The molecule has 0 aromatic rings. The Bertz CT molecular complexity index is 265. The predicted molar refractivity (Wildman–Crippen MR) is 75.6 cm³/mol. The maximum Gasteiger partial charge on any atom is 0.0480 e. The average Bonchev–Trinajstić information content (AvgIpc) is 2.42. The van der Waals surface area contributed by atoms with Crippen molar-refractivity contribution in [2.24, 2.45) is 17.6 Å². The number of hydrogen-bond donors (Lipinski definition) is 1. The fourth-order valence-corrected chi connectivity index (χ4v) is 4.07. The fourth-order valence-electron chi connectivity index (χ4n) is 4.07. The van der Waals surface area contributed by atoms with Gasteiger partial charge in [-0.2, -0.15) is 0 Å². The Morgan fingerprint density at radius 3 is 2.44 bits per heavy atom. The summed E-state index contributed by atoms with van der Waals surface area (Å²) in [5.74, 6) is 1.53. The van der Waals surface area contributed by atoms with Crippen molar-refractivity contribution in [3.05, 3.63) is 0 Å². The van der Waals surface area contributed by atoms with Gasteiger partial charge < -0.3 is 10.5 Å². The zero-order valence-corrected chi connectivity index (χ0v) is 12.3. The molecule has 2 aliphatic rings. The van der Waals surface area contributed by atoms with Crippen molar-refractivity contribution in [2.45, 2.75) is 57.5 Å². The van der Waals surface area contributed by atoms with Crippen LogP contribution in [-0.4, -0.2) is 43.3 Å². The van der Waals surface area contributed by atoms with Gasteiger partial charge in [0.25, 0.3) is 0 Å². The molecule has 2 fully saturated rings. The summed E-state index contributed by atoms with van der Waals surface area (Å²) >= 11 is 0. The number of nitrogens with two attached hydrogens (primary N) is 1. The van der Waals surface area contributed by atoms with Gasteiger partial charge in [0.1, 0.15) is 0 Å². The van der Waals surface area contributed by atoms with Gasteiger partial charge in [0.05, 0.1) is 0 Å². The van der Waals surface area contributed by atoms with Crippen LogP contribution in [0.2, 0.25) is 0 Å². The SMILES string of the molecule is CC1CCC(C)C(CN)(N(C)C2CCOCC2)C1. The number of nitrogens with zero attached hydrogens (tertiary/aromatic N) is 1. The smallest absolute Gasteiger partial charge is 0.0480 e. The minimum atomic E-state index is 0.222. The molecule has 1 heterocycles. The van der Waals surface area contributed by atoms with E-state index in [4.69, 9.17) is 10.5 Å². The zero-order valence-electron chi connectivity index (χ0n) is 12.3. The molecule has 1 aliphatic heterocycles. The van der Waals surface area contributed by atoms with Crippen LogP contribution in [0.15, 0.2) is 0 Å². The molecule has 2 N–H and O–H groups in total. The average molecular weight is 254 g/mol. The highest BCUT2D eigenvalue weighted by Crippen LogP contribution is 2.41. The summed E-state index contributed by atoms with van der Waals surface area (Å²) in [5, 5.41) is 0. The van der Waals surface area contributed by atoms with Gasteiger partial charge in [0.15, 0.2) is 0 Å². The highest BCUT2D eigenvalue weighted by molar-refractivity contribution is 5.01. The van der Waals surface area contributed by atoms with Crippen molar-refractivity contribution >= 4 is 0 Å². The van der Waals surface area contributed by atoms with Crippen LogP contribution in [0.4, 0.5) is 0 Å². The van der Waals surface area contributed by atoms with Crippen molar-refractivity contribution in [3.8, 4) is 0 Å². The van der Waals surface area contributed by atoms with Gasteiger partial charge >= 0.3 is 0 Å². The number of hydrogen-bond acceptors (Lipinski definition) is 3. The molecule has 3 nitrogen and oxygen atoms in total. The Morgan fingerprint density at radius 1 is 1.17 bits per heavy atom. The molecule has 18 heavy (non-hydrogen) atoms.